The molecule has 0 aromatic heterocycles. The SMILES string of the molecule is [CH2]CCCCCCC[C](OOC(=O)c1cccc(C)c1)OOC(=O)c1cccc(C)c1. The minimum Gasteiger partial charge on any atom is -0.289 e. The highest BCUT2D eigenvalue weighted by Crippen LogP contribution is 2.19. The highest BCUT2D eigenvalue weighted by Gasteiger charge is 2.21. The summed E-state index contributed by atoms with van der Waals surface area (Å²) >= 11 is 0. The first-order valence-corrected chi connectivity index (χ1v) is 10.6. The quantitative estimate of drug-likeness (QED) is 0.215. The third kappa shape index (κ3) is 9.32. The molecule has 2 rings (SSSR count). The van der Waals surface area contributed by atoms with E-state index in [0.717, 1.165) is 49.7 Å². The van der Waals surface area contributed by atoms with Gasteiger partial charge < -0.3 is 0 Å². The van der Waals surface area contributed by atoms with Crippen LogP contribution in [0.1, 0.15) is 76.8 Å². The highest BCUT2D eigenvalue weighted by atomic mass is 17.3. The van der Waals surface area contributed by atoms with Crippen LogP contribution in [0.25, 0.3) is 0 Å². The maximum Gasteiger partial charge on any atom is 0.373 e. The molecular weight excluding hydrogens is 396 g/mol. The molecule has 0 heterocycles. The summed E-state index contributed by atoms with van der Waals surface area (Å²) in [6.45, 7) is 7.58. The van der Waals surface area contributed by atoms with E-state index in [1.54, 1.807) is 36.4 Å². The normalized spacial score (nSPS) is 10.8. The van der Waals surface area contributed by atoms with Crippen molar-refractivity contribution in [2.45, 2.75) is 58.8 Å². The van der Waals surface area contributed by atoms with Crippen LogP contribution < -0.4 is 0 Å². The smallest absolute Gasteiger partial charge is 0.289 e. The molecule has 0 aliphatic heterocycles. The first-order chi connectivity index (χ1) is 15.0. The van der Waals surface area contributed by atoms with Gasteiger partial charge in [-0.3, -0.25) is 9.78 Å². The number of carbonyl (C=O) groups is 2. The summed E-state index contributed by atoms with van der Waals surface area (Å²) in [5.41, 5.74) is 2.54. The van der Waals surface area contributed by atoms with Crippen molar-refractivity contribution in [3.8, 4) is 0 Å². The van der Waals surface area contributed by atoms with E-state index in [-0.39, 0.29) is 6.29 Å². The van der Waals surface area contributed by atoms with Gasteiger partial charge in [0.15, 0.2) is 0 Å². The molecule has 0 atom stereocenters. The van der Waals surface area contributed by atoms with Gasteiger partial charge >= 0.3 is 18.2 Å². The first-order valence-electron chi connectivity index (χ1n) is 10.6. The minimum atomic E-state index is -0.662. The van der Waals surface area contributed by atoms with E-state index >= 15 is 0 Å². The molecule has 2 aromatic rings. The monoisotopic (exact) mass is 426 g/mol. The molecule has 2 radical (unpaired) electrons. The van der Waals surface area contributed by atoms with E-state index in [2.05, 4.69) is 6.92 Å². The number of benzene rings is 2. The first kappa shape index (κ1) is 24.6. The maximum absolute atomic E-state index is 12.2. The Balaban J connectivity index is 1.88. The Hall–Kier alpha value is -2.70. The highest BCUT2D eigenvalue weighted by molar-refractivity contribution is 5.89. The largest absolute Gasteiger partial charge is 0.373 e. The summed E-state index contributed by atoms with van der Waals surface area (Å²) in [7, 11) is 0. The predicted molar refractivity (Wildman–Crippen MR) is 116 cm³/mol. The van der Waals surface area contributed by atoms with Crippen LogP contribution >= 0.6 is 0 Å². The Morgan fingerprint density at radius 1 is 0.710 bits per heavy atom. The van der Waals surface area contributed by atoms with Gasteiger partial charge in [0, 0.05) is 6.42 Å². The molecule has 2 aromatic carbocycles. The molecular formula is C25H30O6. The Bertz CT molecular complexity index is 771. The number of hydrogen-bond donors (Lipinski definition) is 0. The summed E-state index contributed by atoms with van der Waals surface area (Å²) in [5, 5.41) is 0. The number of unbranched alkanes of at least 4 members (excludes halogenated alkanes) is 5. The number of rotatable bonds is 13. The Morgan fingerprint density at radius 3 is 1.68 bits per heavy atom. The molecule has 31 heavy (non-hydrogen) atoms. The van der Waals surface area contributed by atoms with Gasteiger partial charge in [-0.25, -0.2) is 9.59 Å². The average Bonchev–Trinajstić information content (AvgIpc) is 2.77. The van der Waals surface area contributed by atoms with Crippen LogP contribution in [0.3, 0.4) is 0 Å². The van der Waals surface area contributed by atoms with Gasteiger partial charge in [0.1, 0.15) is 0 Å². The molecule has 6 heteroatoms. The second-order valence-corrected chi connectivity index (χ2v) is 7.39. The van der Waals surface area contributed by atoms with E-state index in [9.17, 15) is 9.59 Å². The zero-order valence-electron chi connectivity index (χ0n) is 18.2. The van der Waals surface area contributed by atoms with Gasteiger partial charge in [-0.1, -0.05) is 74.4 Å². The molecule has 0 bridgehead atoms. The van der Waals surface area contributed by atoms with E-state index in [0.29, 0.717) is 17.5 Å². The van der Waals surface area contributed by atoms with Gasteiger partial charge in [-0.05, 0) is 44.5 Å². The van der Waals surface area contributed by atoms with Crippen molar-refractivity contribution >= 4 is 11.9 Å². The van der Waals surface area contributed by atoms with Gasteiger partial charge in [0.2, 0.25) is 0 Å². The van der Waals surface area contributed by atoms with Crippen LogP contribution in [0.5, 0.6) is 0 Å². The molecule has 0 saturated heterocycles. The summed E-state index contributed by atoms with van der Waals surface area (Å²) in [5.74, 6) is -1.32. The Labute approximate surface area is 184 Å². The molecule has 166 valence electrons. The van der Waals surface area contributed by atoms with Gasteiger partial charge in [0.25, 0.3) is 0 Å². The third-order valence-electron chi connectivity index (χ3n) is 4.56. The molecule has 0 aliphatic carbocycles. The summed E-state index contributed by atoms with van der Waals surface area (Å²) in [6.07, 6.45) is 6.08. The zero-order chi connectivity index (χ0) is 22.5. The standard InChI is InChI=1S/C25H30O6/c1-4-5-6-7-8-9-16-23(28-30-24(26)21-14-10-12-19(2)17-21)29-31-25(27)22-15-11-13-20(3)18-22/h10-15,17-18H,1,4-9,16H2,2-3H3. The number of hydrogen-bond acceptors (Lipinski definition) is 6. The van der Waals surface area contributed by atoms with Crippen molar-refractivity contribution in [1.82, 2.24) is 0 Å². The lowest BCUT2D eigenvalue weighted by Gasteiger charge is -2.14. The Kier molecular flexibility index (Phi) is 10.8. The van der Waals surface area contributed by atoms with Crippen LogP contribution in [-0.4, -0.2) is 11.9 Å². The fourth-order valence-electron chi connectivity index (χ4n) is 2.88. The Morgan fingerprint density at radius 2 is 1.19 bits per heavy atom. The van der Waals surface area contributed by atoms with Crippen LogP contribution in [0.2, 0.25) is 0 Å². The molecule has 6 nitrogen and oxygen atoms in total. The van der Waals surface area contributed by atoms with Crippen molar-refractivity contribution in [3.05, 3.63) is 84.0 Å². The third-order valence-corrected chi connectivity index (χ3v) is 4.56. The fourth-order valence-corrected chi connectivity index (χ4v) is 2.88. The maximum atomic E-state index is 12.2. The molecule has 0 unspecified atom stereocenters. The van der Waals surface area contributed by atoms with E-state index in [1.807, 2.05) is 26.0 Å². The summed E-state index contributed by atoms with van der Waals surface area (Å²) in [6, 6.07) is 13.9. The lowest BCUT2D eigenvalue weighted by atomic mass is 10.1. The predicted octanol–water partition coefficient (Wildman–Crippen LogP) is 6.23. The van der Waals surface area contributed by atoms with E-state index < -0.39 is 11.9 Å². The van der Waals surface area contributed by atoms with Gasteiger partial charge in [0.05, 0.1) is 11.1 Å². The minimum absolute atomic E-state index is 0.0841. The van der Waals surface area contributed by atoms with E-state index in [4.69, 9.17) is 19.6 Å². The molecule has 0 saturated carbocycles. The van der Waals surface area contributed by atoms with Crippen LogP contribution in [-0.2, 0) is 19.6 Å². The number of carbonyl (C=O) groups excluding carboxylic acids is 2. The average molecular weight is 427 g/mol. The van der Waals surface area contributed by atoms with Gasteiger partial charge in [-0.2, -0.15) is 0 Å². The molecule has 0 amide bonds. The van der Waals surface area contributed by atoms with Crippen LogP contribution in [0.4, 0.5) is 0 Å². The van der Waals surface area contributed by atoms with Crippen molar-refractivity contribution in [2.75, 3.05) is 0 Å². The molecule has 0 N–H and O–H groups in total. The zero-order valence-corrected chi connectivity index (χ0v) is 18.2. The van der Waals surface area contributed by atoms with Crippen molar-refractivity contribution < 1.29 is 29.1 Å². The fraction of sp³-hybridized carbons (Fsp3) is 0.360. The van der Waals surface area contributed by atoms with Crippen molar-refractivity contribution in [1.29, 1.82) is 0 Å². The molecule has 0 fully saturated rings. The number of aryl methyl sites for hydroxylation is 2. The second kappa shape index (κ2) is 13.6. The topological polar surface area (TPSA) is 71.1 Å². The second-order valence-electron chi connectivity index (χ2n) is 7.39. The van der Waals surface area contributed by atoms with E-state index in [1.165, 1.54) is 0 Å². The summed E-state index contributed by atoms with van der Waals surface area (Å²) < 4.78 is 0. The summed E-state index contributed by atoms with van der Waals surface area (Å²) in [4.78, 5) is 44.4. The van der Waals surface area contributed by atoms with Crippen molar-refractivity contribution in [3.63, 3.8) is 0 Å². The lowest BCUT2D eigenvalue weighted by Crippen LogP contribution is -2.16. The lowest BCUT2D eigenvalue weighted by molar-refractivity contribution is -0.363. The van der Waals surface area contributed by atoms with Crippen LogP contribution in [0.15, 0.2) is 48.5 Å². The van der Waals surface area contributed by atoms with Crippen molar-refractivity contribution in [2.24, 2.45) is 0 Å². The van der Waals surface area contributed by atoms with Gasteiger partial charge in [-0.15, -0.1) is 9.78 Å². The molecule has 0 spiro atoms. The van der Waals surface area contributed by atoms with Crippen LogP contribution in [0, 0.1) is 27.1 Å². The molecule has 0 aliphatic rings.